The molecule has 0 unspecified atom stereocenters. The highest BCUT2D eigenvalue weighted by molar-refractivity contribution is 8.01. The van der Waals surface area contributed by atoms with Crippen molar-refractivity contribution >= 4 is 23.3 Å². The molecule has 0 aromatic heterocycles. The second kappa shape index (κ2) is 38.5. The van der Waals surface area contributed by atoms with Gasteiger partial charge in [0.1, 0.15) is 11.6 Å². The number of Topliss-reactive ketones (excluding diaryl/α,β-unsaturated/α-hetero) is 2. The SMILES string of the molecule is CC.CC.CC(C)C.CC(C)C.CCC(=O)CSC(C)(C)CNC(C)C.CCNC/C=C/CC(=O)C(C)C. The minimum Gasteiger partial charge on any atom is -0.314 e. The molecule has 0 heterocycles. The number of nitrogens with one attached hydrogen (secondary N) is 2. The van der Waals surface area contributed by atoms with Crippen LogP contribution < -0.4 is 10.6 Å². The van der Waals surface area contributed by atoms with Crippen molar-refractivity contribution in [2.24, 2.45) is 17.8 Å². The lowest BCUT2D eigenvalue weighted by atomic mass is 10.1. The Balaban J connectivity index is -0.0000000957. The molecule has 0 bridgehead atoms. The van der Waals surface area contributed by atoms with Crippen molar-refractivity contribution in [2.45, 2.75) is 148 Å². The molecule has 0 rings (SSSR count). The van der Waals surface area contributed by atoms with Gasteiger partial charge in [0.15, 0.2) is 0 Å². The number of allylic oxidation sites excluding steroid dienone is 1. The molecule has 0 saturated carbocycles. The smallest absolute Gasteiger partial charge is 0.142 e. The number of carbonyl (C=O) groups is 2. The first-order valence-electron chi connectivity index (χ1n) is 15.3. The summed E-state index contributed by atoms with van der Waals surface area (Å²) in [6.07, 6.45) is 5.17. The summed E-state index contributed by atoms with van der Waals surface area (Å²) in [7, 11) is 0. The molecule has 0 aromatic rings. The Bertz CT molecular complexity index is 474. The number of hydrogen-bond acceptors (Lipinski definition) is 5. The summed E-state index contributed by atoms with van der Waals surface area (Å²) in [6, 6.07) is 0.511. The zero-order chi connectivity index (χ0) is 31.7. The van der Waals surface area contributed by atoms with Gasteiger partial charge in [0, 0.05) is 42.6 Å². The number of hydrogen-bond donors (Lipinski definition) is 2. The van der Waals surface area contributed by atoms with Gasteiger partial charge in [0.2, 0.25) is 0 Å². The van der Waals surface area contributed by atoms with Crippen molar-refractivity contribution in [3.63, 3.8) is 0 Å². The molecule has 0 aliphatic carbocycles. The van der Waals surface area contributed by atoms with Crippen molar-refractivity contribution in [3.05, 3.63) is 12.2 Å². The predicted molar refractivity (Wildman–Crippen MR) is 181 cm³/mol. The molecule has 0 spiro atoms. The van der Waals surface area contributed by atoms with Gasteiger partial charge in [-0.25, -0.2) is 0 Å². The van der Waals surface area contributed by atoms with Crippen molar-refractivity contribution in [1.82, 2.24) is 10.6 Å². The van der Waals surface area contributed by atoms with Crippen LogP contribution in [-0.2, 0) is 9.59 Å². The maximum Gasteiger partial charge on any atom is 0.142 e. The standard InChI is InChI=1S/C11H23NOS.C10H19NO.2C4H10.2C2H6/c1-6-10(13)7-14-11(4,5)8-12-9(2)3;1-4-11-8-6-5-7-10(12)9(2)3;2*1-4(2)3;2*1-2/h9,12H,6-8H2,1-5H3;5-6,9,11H,4,7-8H2,1-3H3;2*4H,1-3H3;2*1-2H3/b;6-5+;;;;. The van der Waals surface area contributed by atoms with Crippen LogP contribution in [0.25, 0.3) is 0 Å². The fourth-order valence-electron chi connectivity index (χ4n) is 1.63. The van der Waals surface area contributed by atoms with Crippen LogP contribution in [0.15, 0.2) is 12.2 Å². The lowest BCUT2D eigenvalue weighted by Crippen LogP contribution is -2.36. The molecule has 0 aromatic carbocycles. The van der Waals surface area contributed by atoms with Crippen LogP contribution in [0.2, 0.25) is 0 Å². The highest BCUT2D eigenvalue weighted by Gasteiger charge is 2.19. The first kappa shape index (κ1) is 50.2. The quantitative estimate of drug-likeness (QED) is 0.173. The Morgan fingerprint density at radius 3 is 1.53 bits per heavy atom. The average Bonchev–Trinajstić information content (AvgIpc) is 2.83. The maximum atomic E-state index is 11.2. The minimum atomic E-state index is 0.148. The van der Waals surface area contributed by atoms with E-state index >= 15 is 0 Å². The molecule has 0 aliphatic rings. The third kappa shape index (κ3) is 70.3. The lowest BCUT2D eigenvalue weighted by molar-refractivity contribution is -0.121. The molecule has 38 heavy (non-hydrogen) atoms. The van der Waals surface area contributed by atoms with Crippen LogP contribution in [0.1, 0.15) is 137 Å². The second-order valence-corrected chi connectivity index (χ2v) is 12.7. The number of rotatable bonds is 13. The highest BCUT2D eigenvalue weighted by Crippen LogP contribution is 2.23. The predicted octanol–water partition coefficient (Wildman–Crippen LogP) is 9.62. The van der Waals surface area contributed by atoms with Crippen LogP contribution >= 0.6 is 11.8 Å². The molecule has 4 nitrogen and oxygen atoms in total. The van der Waals surface area contributed by atoms with Gasteiger partial charge >= 0.3 is 0 Å². The normalized spacial score (nSPS) is 10.3. The van der Waals surface area contributed by atoms with E-state index in [1.54, 1.807) is 11.8 Å². The lowest BCUT2D eigenvalue weighted by Gasteiger charge is -2.25. The van der Waals surface area contributed by atoms with Gasteiger partial charge in [-0.1, -0.05) is 123 Å². The van der Waals surface area contributed by atoms with Gasteiger partial charge in [-0.15, -0.1) is 11.8 Å². The molecule has 0 fully saturated rings. The molecule has 2 N–H and O–H groups in total. The van der Waals surface area contributed by atoms with Gasteiger partial charge in [0.05, 0.1) is 5.75 Å². The molecule has 234 valence electrons. The Labute approximate surface area is 246 Å². The van der Waals surface area contributed by atoms with Gasteiger partial charge in [-0.2, -0.15) is 0 Å². The summed E-state index contributed by atoms with van der Waals surface area (Å²) < 4.78 is 0.148. The van der Waals surface area contributed by atoms with E-state index in [-0.39, 0.29) is 10.7 Å². The van der Waals surface area contributed by atoms with Crippen molar-refractivity contribution < 1.29 is 9.59 Å². The van der Waals surface area contributed by atoms with Crippen LogP contribution in [0, 0.1) is 17.8 Å². The molecule has 0 radical (unpaired) electrons. The number of ketones is 2. The van der Waals surface area contributed by atoms with Gasteiger partial charge in [-0.3, -0.25) is 9.59 Å². The highest BCUT2D eigenvalue weighted by atomic mass is 32.2. The van der Waals surface area contributed by atoms with Crippen LogP contribution in [-0.4, -0.2) is 47.7 Å². The topological polar surface area (TPSA) is 58.2 Å². The van der Waals surface area contributed by atoms with Crippen LogP contribution in [0.5, 0.6) is 0 Å². The summed E-state index contributed by atoms with van der Waals surface area (Å²) in [5.41, 5.74) is 0. The van der Waals surface area contributed by atoms with E-state index in [1.165, 1.54) is 0 Å². The van der Waals surface area contributed by atoms with Crippen molar-refractivity contribution in [1.29, 1.82) is 0 Å². The van der Waals surface area contributed by atoms with Crippen LogP contribution in [0.3, 0.4) is 0 Å². The third-order valence-corrected chi connectivity index (χ3v) is 4.99. The minimum absolute atomic E-state index is 0.148. The van der Waals surface area contributed by atoms with Crippen LogP contribution in [0.4, 0.5) is 0 Å². The zero-order valence-electron chi connectivity index (χ0n) is 29.4. The van der Waals surface area contributed by atoms with E-state index in [0.29, 0.717) is 36.2 Å². The monoisotopic (exact) mass is 563 g/mol. The van der Waals surface area contributed by atoms with E-state index in [2.05, 4.69) is 86.8 Å². The molecule has 0 aliphatic heterocycles. The third-order valence-electron chi connectivity index (χ3n) is 3.60. The van der Waals surface area contributed by atoms with Crippen molar-refractivity contribution in [2.75, 3.05) is 25.4 Å². The van der Waals surface area contributed by atoms with E-state index in [9.17, 15) is 9.59 Å². The fourth-order valence-corrected chi connectivity index (χ4v) is 2.57. The first-order chi connectivity index (χ1) is 17.5. The summed E-state index contributed by atoms with van der Waals surface area (Å²) in [5.74, 6) is 3.12. The number of likely N-dealkylation sites (N-methyl/N-ethyl adjacent to an activating group) is 1. The zero-order valence-corrected chi connectivity index (χ0v) is 30.2. The molecule has 0 saturated heterocycles. The van der Waals surface area contributed by atoms with E-state index in [0.717, 1.165) is 31.5 Å². The summed E-state index contributed by atoms with van der Waals surface area (Å²) in [4.78, 5) is 22.3. The second-order valence-electron chi connectivity index (χ2n) is 11.0. The Kier molecular flexibility index (Phi) is 50.9. The molecular weight excluding hydrogens is 488 g/mol. The largest absolute Gasteiger partial charge is 0.314 e. The Morgan fingerprint density at radius 2 is 1.21 bits per heavy atom. The fraction of sp³-hybridized carbons (Fsp3) is 0.879. The summed E-state index contributed by atoms with van der Waals surface area (Å²) in [6.45, 7) is 40.3. The maximum absolute atomic E-state index is 11.2. The molecule has 5 heteroatoms. The van der Waals surface area contributed by atoms with Gasteiger partial charge in [-0.05, 0) is 32.2 Å². The van der Waals surface area contributed by atoms with E-state index < -0.39 is 0 Å². The Morgan fingerprint density at radius 1 is 0.789 bits per heavy atom. The summed E-state index contributed by atoms with van der Waals surface area (Å²) in [5, 5.41) is 6.55. The molecule has 0 amide bonds. The van der Waals surface area contributed by atoms with E-state index in [1.807, 2.05) is 60.6 Å². The van der Waals surface area contributed by atoms with Crippen molar-refractivity contribution in [3.8, 4) is 0 Å². The Hall–Kier alpha value is -0.650. The van der Waals surface area contributed by atoms with Gasteiger partial charge < -0.3 is 10.6 Å². The molecular formula is C33H74N2O2S. The van der Waals surface area contributed by atoms with Gasteiger partial charge in [0.25, 0.3) is 0 Å². The molecule has 0 atom stereocenters. The van der Waals surface area contributed by atoms with E-state index in [4.69, 9.17) is 0 Å². The average molecular weight is 563 g/mol. The number of carbonyl (C=O) groups excluding carboxylic acids is 2. The first-order valence-corrected chi connectivity index (χ1v) is 16.3. The summed E-state index contributed by atoms with van der Waals surface area (Å²) >= 11 is 1.74. The number of thioether (sulfide) groups is 1.